The van der Waals surface area contributed by atoms with Gasteiger partial charge in [-0.2, -0.15) is 0 Å². The number of piperidine rings is 1. The zero-order chi connectivity index (χ0) is 27.4. The average molecular weight is 516 g/mol. The van der Waals surface area contributed by atoms with Gasteiger partial charge in [-0.05, 0) is 44.0 Å². The van der Waals surface area contributed by atoms with Crippen molar-refractivity contribution in [1.29, 1.82) is 0 Å². The Morgan fingerprint density at radius 3 is 1.54 bits per heavy atom. The van der Waals surface area contributed by atoms with Crippen LogP contribution in [0.2, 0.25) is 0 Å². The SMILES string of the molecule is COC(=O)C1CC[C@H](C)NC1.O=C(O[C@H](C(=O)O)[C@H](OC(=O)c1ccccc1)C(=O)O)c1ccccc1. The summed E-state index contributed by atoms with van der Waals surface area (Å²) in [5, 5.41) is 21.7. The number of carboxylic acids is 2. The van der Waals surface area contributed by atoms with Crippen LogP contribution in [-0.2, 0) is 28.6 Å². The first-order valence-corrected chi connectivity index (χ1v) is 11.4. The number of carboxylic acid groups (broad SMARTS) is 2. The molecule has 4 atom stereocenters. The smallest absolute Gasteiger partial charge is 0.349 e. The molecule has 1 aliphatic heterocycles. The summed E-state index contributed by atoms with van der Waals surface area (Å²) in [6.07, 6.45) is -2.40. The van der Waals surface area contributed by atoms with E-state index in [2.05, 4.69) is 17.0 Å². The fourth-order valence-corrected chi connectivity index (χ4v) is 3.37. The molecule has 198 valence electrons. The number of ether oxygens (including phenoxy) is 3. The fourth-order valence-electron chi connectivity index (χ4n) is 3.37. The molecule has 1 fully saturated rings. The molecule has 0 saturated carbocycles. The summed E-state index contributed by atoms with van der Waals surface area (Å²) in [6, 6.07) is 15.4. The highest BCUT2D eigenvalue weighted by atomic mass is 16.6. The van der Waals surface area contributed by atoms with Crippen LogP contribution < -0.4 is 5.32 Å². The number of carbonyl (C=O) groups excluding carboxylic acids is 3. The van der Waals surface area contributed by atoms with E-state index in [1.165, 1.54) is 55.6 Å². The Morgan fingerprint density at radius 2 is 1.22 bits per heavy atom. The summed E-state index contributed by atoms with van der Waals surface area (Å²) in [5.74, 6) is -5.63. The molecule has 2 aromatic carbocycles. The van der Waals surface area contributed by atoms with E-state index >= 15 is 0 Å². The molecule has 1 unspecified atom stereocenters. The molecule has 0 spiro atoms. The minimum atomic E-state index is -2.21. The third-order valence-corrected chi connectivity index (χ3v) is 5.44. The predicted molar refractivity (Wildman–Crippen MR) is 129 cm³/mol. The van der Waals surface area contributed by atoms with Crippen molar-refractivity contribution in [3.05, 3.63) is 71.8 Å². The third kappa shape index (κ3) is 9.04. The van der Waals surface area contributed by atoms with Crippen LogP contribution in [0.5, 0.6) is 0 Å². The first kappa shape index (κ1) is 29.0. The van der Waals surface area contributed by atoms with Crippen molar-refractivity contribution in [3.8, 4) is 0 Å². The Kier molecular flexibility index (Phi) is 11.2. The number of hydrogen-bond donors (Lipinski definition) is 3. The summed E-state index contributed by atoms with van der Waals surface area (Å²) >= 11 is 0. The number of rotatable bonds is 8. The minimum Gasteiger partial charge on any atom is -0.478 e. The molecule has 11 heteroatoms. The number of methoxy groups -OCH3 is 1. The lowest BCUT2D eigenvalue weighted by Gasteiger charge is -2.25. The highest BCUT2D eigenvalue weighted by molar-refractivity contribution is 5.95. The van der Waals surface area contributed by atoms with Gasteiger partial charge < -0.3 is 29.7 Å². The molecule has 1 saturated heterocycles. The Hall–Kier alpha value is -4.25. The molecule has 1 heterocycles. The average Bonchev–Trinajstić information content (AvgIpc) is 2.91. The van der Waals surface area contributed by atoms with E-state index in [9.17, 15) is 34.2 Å². The maximum absolute atomic E-state index is 12.0. The van der Waals surface area contributed by atoms with Gasteiger partial charge in [0.15, 0.2) is 0 Å². The van der Waals surface area contributed by atoms with Crippen LogP contribution in [0, 0.1) is 5.92 Å². The molecule has 0 amide bonds. The summed E-state index contributed by atoms with van der Waals surface area (Å²) in [7, 11) is 1.44. The molecule has 0 bridgehead atoms. The van der Waals surface area contributed by atoms with Crippen LogP contribution in [0.15, 0.2) is 60.7 Å². The van der Waals surface area contributed by atoms with E-state index in [1.807, 2.05) is 0 Å². The zero-order valence-corrected chi connectivity index (χ0v) is 20.4. The molecule has 2 aromatic rings. The summed E-state index contributed by atoms with van der Waals surface area (Å²) in [4.78, 5) is 57.9. The Balaban J connectivity index is 0.000000364. The lowest BCUT2D eigenvalue weighted by molar-refractivity contribution is -0.166. The van der Waals surface area contributed by atoms with Crippen LogP contribution in [-0.4, -0.2) is 72.0 Å². The van der Waals surface area contributed by atoms with Gasteiger partial charge in [-0.15, -0.1) is 0 Å². The predicted octanol–water partition coefficient (Wildman–Crippen LogP) is 2.15. The van der Waals surface area contributed by atoms with Crippen LogP contribution in [0.3, 0.4) is 0 Å². The number of hydrogen-bond acceptors (Lipinski definition) is 9. The van der Waals surface area contributed by atoms with Gasteiger partial charge in [0.1, 0.15) is 0 Å². The molecular weight excluding hydrogens is 486 g/mol. The molecule has 3 rings (SSSR count). The fraction of sp³-hybridized carbons (Fsp3) is 0.346. The lowest BCUT2D eigenvalue weighted by atomic mass is 9.96. The second kappa shape index (κ2) is 14.3. The standard InChI is InChI=1S/C18H14O8.C8H15NO2/c19-15(20)13(25-17(23)11-7-3-1-4-8-11)14(16(21)22)26-18(24)12-9-5-2-6-10-12;1-6-3-4-7(5-9-6)8(10)11-2/h1-10,13-14H,(H,19,20)(H,21,22);6-7,9H,3-5H2,1-2H3/t13-,14-;6-,7?/m00/s1. The molecular formula is C26H29NO10. The monoisotopic (exact) mass is 515 g/mol. The highest BCUT2D eigenvalue weighted by Gasteiger charge is 2.41. The van der Waals surface area contributed by atoms with Crippen molar-refractivity contribution in [2.45, 2.75) is 38.0 Å². The first-order valence-electron chi connectivity index (χ1n) is 11.4. The molecule has 37 heavy (non-hydrogen) atoms. The molecule has 0 aromatic heterocycles. The largest absolute Gasteiger partial charge is 0.478 e. The minimum absolute atomic E-state index is 0.0253. The number of esters is 3. The van der Waals surface area contributed by atoms with Crippen molar-refractivity contribution in [2.75, 3.05) is 13.7 Å². The van der Waals surface area contributed by atoms with E-state index in [1.54, 1.807) is 12.1 Å². The van der Waals surface area contributed by atoms with Gasteiger partial charge in [-0.1, -0.05) is 36.4 Å². The summed E-state index contributed by atoms with van der Waals surface area (Å²) in [6.45, 7) is 2.90. The maximum atomic E-state index is 12.0. The first-order chi connectivity index (χ1) is 17.6. The topological polar surface area (TPSA) is 166 Å². The van der Waals surface area contributed by atoms with E-state index < -0.39 is 36.1 Å². The second-order valence-electron chi connectivity index (χ2n) is 8.17. The van der Waals surface area contributed by atoms with Crippen LogP contribution >= 0.6 is 0 Å². The number of benzene rings is 2. The molecule has 0 radical (unpaired) electrons. The van der Waals surface area contributed by atoms with Gasteiger partial charge >= 0.3 is 29.8 Å². The maximum Gasteiger partial charge on any atom is 0.349 e. The van der Waals surface area contributed by atoms with Crippen LogP contribution in [0.4, 0.5) is 0 Å². The number of aliphatic carboxylic acids is 2. The molecule has 11 nitrogen and oxygen atoms in total. The summed E-state index contributed by atoms with van der Waals surface area (Å²) in [5.41, 5.74) is 0.0505. The van der Waals surface area contributed by atoms with Crippen LogP contribution in [0.25, 0.3) is 0 Å². The second-order valence-corrected chi connectivity index (χ2v) is 8.17. The van der Waals surface area contributed by atoms with Crippen molar-refractivity contribution in [1.82, 2.24) is 5.32 Å². The van der Waals surface area contributed by atoms with Gasteiger partial charge in [0.2, 0.25) is 12.2 Å². The summed E-state index contributed by atoms with van der Waals surface area (Å²) < 4.78 is 14.2. The Morgan fingerprint density at radius 1 is 0.784 bits per heavy atom. The van der Waals surface area contributed by atoms with Gasteiger partial charge in [0, 0.05) is 12.6 Å². The van der Waals surface area contributed by atoms with Crippen molar-refractivity contribution < 1.29 is 48.4 Å². The van der Waals surface area contributed by atoms with Crippen molar-refractivity contribution in [3.63, 3.8) is 0 Å². The van der Waals surface area contributed by atoms with E-state index in [0.29, 0.717) is 6.04 Å². The van der Waals surface area contributed by atoms with Gasteiger partial charge in [0.05, 0.1) is 24.2 Å². The third-order valence-electron chi connectivity index (χ3n) is 5.44. The van der Waals surface area contributed by atoms with E-state index in [-0.39, 0.29) is 23.0 Å². The van der Waals surface area contributed by atoms with Gasteiger partial charge in [0.25, 0.3) is 0 Å². The quantitative estimate of drug-likeness (QED) is 0.348. The molecule has 1 aliphatic rings. The van der Waals surface area contributed by atoms with Gasteiger partial charge in [-0.3, -0.25) is 4.79 Å². The van der Waals surface area contributed by atoms with Crippen LogP contribution in [0.1, 0.15) is 40.5 Å². The number of carbonyl (C=O) groups is 5. The van der Waals surface area contributed by atoms with E-state index in [0.717, 1.165) is 19.4 Å². The Bertz CT molecular complexity index is 996. The highest BCUT2D eigenvalue weighted by Crippen LogP contribution is 2.15. The molecule has 3 N–H and O–H groups in total. The number of nitrogens with one attached hydrogen (secondary N) is 1. The lowest BCUT2D eigenvalue weighted by Crippen LogP contribution is -2.45. The zero-order valence-electron chi connectivity index (χ0n) is 20.4. The van der Waals surface area contributed by atoms with E-state index in [4.69, 9.17) is 9.47 Å². The normalized spacial score (nSPS) is 18.1. The van der Waals surface area contributed by atoms with Crippen molar-refractivity contribution in [2.24, 2.45) is 5.92 Å². The van der Waals surface area contributed by atoms with Crippen molar-refractivity contribution >= 4 is 29.8 Å². The van der Waals surface area contributed by atoms with Gasteiger partial charge in [-0.25, -0.2) is 19.2 Å². The Labute approximate surface area is 213 Å². The molecule has 0 aliphatic carbocycles.